The molecule has 0 aliphatic carbocycles. The van der Waals surface area contributed by atoms with Crippen LogP contribution in [0, 0.1) is 11.7 Å². The summed E-state index contributed by atoms with van der Waals surface area (Å²) in [7, 11) is 4.58. The van der Waals surface area contributed by atoms with Gasteiger partial charge in [-0.2, -0.15) is 14.9 Å². The Morgan fingerprint density at radius 2 is 1.78 bits per heavy atom. The molecule has 0 fully saturated rings. The molecule has 0 aliphatic heterocycles. The van der Waals surface area contributed by atoms with Crippen LogP contribution in [0.5, 0.6) is 17.2 Å². The van der Waals surface area contributed by atoms with Crippen molar-refractivity contribution in [3.63, 3.8) is 0 Å². The van der Waals surface area contributed by atoms with E-state index in [4.69, 9.17) is 26.4 Å². The summed E-state index contributed by atoms with van der Waals surface area (Å²) in [6, 6.07) is 3.36. The maximum atomic E-state index is 12.0. The van der Waals surface area contributed by atoms with Crippen LogP contribution in [0.1, 0.15) is 11.3 Å². The van der Waals surface area contributed by atoms with Crippen molar-refractivity contribution in [2.75, 3.05) is 21.3 Å². The number of nitrogens with zero attached hydrogens (tertiary/aromatic N) is 3. The van der Waals surface area contributed by atoms with E-state index >= 15 is 0 Å². The van der Waals surface area contributed by atoms with Gasteiger partial charge in [-0.1, -0.05) is 0 Å². The number of aromatic nitrogens is 3. The first-order chi connectivity index (χ1) is 11.0. The van der Waals surface area contributed by atoms with Gasteiger partial charge in [-0.15, -0.1) is 0 Å². The number of methoxy groups -OCH3 is 3. The van der Waals surface area contributed by atoms with E-state index in [0.717, 1.165) is 4.68 Å². The van der Waals surface area contributed by atoms with E-state index in [-0.39, 0.29) is 10.5 Å². The molecule has 0 saturated heterocycles. The molecule has 9 heteroatoms. The lowest BCUT2D eigenvalue weighted by Crippen LogP contribution is -2.22. The van der Waals surface area contributed by atoms with Crippen molar-refractivity contribution < 1.29 is 14.2 Å². The van der Waals surface area contributed by atoms with Crippen LogP contribution in [0.25, 0.3) is 0 Å². The van der Waals surface area contributed by atoms with Crippen molar-refractivity contribution in [3.05, 3.63) is 38.5 Å². The molecular weight excluding hydrogens is 320 g/mol. The van der Waals surface area contributed by atoms with Gasteiger partial charge >= 0.3 is 0 Å². The summed E-state index contributed by atoms with van der Waals surface area (Å²) < 4.78 is 16.9. The molecule has 0 saturated carbocycles. The number of rotatable bonds is 5. The Labute approximate surface area is 137 Å². The average molecular weight is 336 g/mol. The lowest BCUT2D eigenvalue weighted by atomic mass is 10.2. The molecule has 2 rings (SSSR count). The molecule has 2 aromatic rings. The molecule has 1 aromatic heterocycles. The quantitative estimate of drug-likeness (QED) is 0.657. The number of ether oxygens (including phenoxy) is 3. The first kappa shape index (κ1) is 16.7. The molecule has 23 heavy (non-hydrogen) atoms. The predicted octanol–water partition coefficient (Wildman–Crippen LogP) is 1.52. The van der Waals surface area contributed by atoms with Crippen LogP contribution in [-0.2, 0) is 0 Å². The van der Waals surface area contributed by atoms with Crippen molar-refractivity contribution >= 4 is 18.4 Å². The van der Waals surface area contributed by atoms with Crippen molar-refractivity contribution in [2.45, 2.75) is 6.92 Å². The van der Waals surface area contributed by atoms with E-state index < -0.39 is 5.56 Å². The third-order valence-electron chi connectivity index (χ3n) is 3.06. The molecule has 0 atom stereocenters. The van der Waals surface area contributed by atoms with Gasteiger partial charge in [0.25, 0.3) is 5.56 Å². The number of hydrogen-bond donors (Lipinski definition) is 1. The highest BCUT2D eigenvalue weighted by molar-refractivity contribution is 7.71. The van der Waals surface area contributed by atoms with E-state index in [0.29, 0.717) is 22.8 Å². The highest BCUT2D eigenvalue weighted by Crippen LogP contribution is 2.33. The smallest absolute Gasteiger partial charge is 0.296 e. The van der Waals surface area contributed by atoms with Gasteiger partial charge in [0.1, 0.15) is 11.4 Å². The van der Waals surface area contributed by atoms with Crippen LogP contribution >= 0.6 is 12.2 Å². The minimum atomic E-state index is -0.399. The molecule has 1 heterocycles. The van der Waals surface area contributed by atoms with E-state index in [1.165, 1.54) is 27.5 Å². The van der Waals surface area contributed by atoms with Crippen LogP contribution in [-0.4, -0.2) is 42.4 Å². The minimum Gasteiger partial charge on any atom is -0.496 e. The van der Waals surface area contributed by atoms with Gasteiger partial charge in [-0.25, -0.2) is 0 Å². The minimum absolute atomic E-state index is 0.0938. The summed E-state index contributed by atoms with van der Waals surface area (Å²) in [4.78, 5) is 12.0. The summed E-state index contributed by atoms with van der Waals surface area (Å²) in [5, 5.41) is 10.4. The van der Waals surface area contributed by atoms with Crippen LogP contribution in [0.15, 0.2) is 22.0 Å². The summed E-state index contributed by atoms with van der Waals surface area (Å²) >= 11 is 5.02. The fourth-order valence-corrected chi connectivity index (χ4v) is 2.03. The second kappa shape index (κ2) is 7.05. The molecular formula is C14H16N4O4S. The summed E-state index contributed by atoms with van der Waals surface area (Å²) in [5.41, 5.74) is 0.459. The summed E-state index contributed by atoms with van der Waals surface area (Å²) in [6.45, 7) is 1.57. The summed E-state index contributed by atoms with van der Waals surface area (Å²) in [5.74, 6) is 1.55. The molecule has 0 amide bonds. The number of nitrogens with one attached hydrogen (secondary N) is 1. The third kappa shape index (κ3) is 3.39. The van der Waals surface area contributed by atoms with Crippen LogP contribution < -0.4 is 19.8 Å². The maximum Gasteiger partial charge on any atom is 0.296 e. The lowest BCUT2D eigenvalue weighted by Gasteiger charge is -2.11. The molecule has 0 unspecified atom stereocenters. The number of hydrogen-bond acceptors (Lipinski definition) is 7. The molecule has 0 spiro atoms. The fraction of sp³-hybridized carbons (Fsp3) is 0.286. The highest BCUT2D eigenvalue weighted by Gasteiger charge is 2.11. The molecule has 8 nitrogen and oxygen atoms in total. The van der Waals surface area contributed by atoms with Gasteiger partial charge < -0.3 is 14.2 Å². The molecule has 1 N–H and O–H groups in total. The van der Waals surface area contributed by atoms with Gasteiger partial charge in [0.15, 0.2) is 11.5 Å². The van der Waals surface area contributed by atoms with Crippen molar-refractivity contribution in [2.24, 2.45) is 5.10 Å². The van der Waals surface area contributed by atoms with E-state index in [1.54, 1.807) is 19.1 Å². The standard InChI is InChI=1S/C14H16N4O4S/c1-8-13(19)18(14(23)17-16-8)15-7-9-5-11(21-3)12(22-4)6-10(9)20-2/h5-7H,1-4H3,(H,17,23)/b15-7-. The van der Waals surface area contributed by atoms with Crippen molar-refractivity contribution in [3.8, 4) is 17.2 Å². The fourth-order valence-electron chi connectivity index (χ4n) is 1.85. The molecule has 0 radical (unpaired) electrons. The zero-order valence-corrected chi connectivity index (χ0v) is 13.9. The first-order valence-corrected chi connectivity index (χ1v) is 6.95. The predicted molar refractivity (Wildman–Crippen MR) is 87.5 cm³/mol. The molecule has 1 aromatic carbocycles. The molecule has 0 bridgehead atoms. The monoisotopic (exact) mass is 336 g/mol. The normalized spacial score (nSPS) is 10.8. The van der Waals surface area contributed by atoms with Crippen molar-refractivity contribution in [1.29, 1.82) is 0 Å². The second-order valence-electron chi connectivity index (χ2n) is 4.42. The number of aromatic amines is 1. The SMILES string of the molecule is COc1cc(OC)c(OC)cc1/C=N\n1c(=S)[nH]nc(C)c1=O. The largest absolute Gasteiger partial charge is 0.496 e. The van der Waals surface area contributed by atoms with Crippen LogP contribution in [0.3, 0.4) is 0 Å². The molecule has 122 valence electrons. The maximum absolute atomic E-state index is 12.0. The van der Waals surface area contributed by atoms with E-state index in [9.17, 15) is 4.79 Å². The number of benzene rings is 1. The zero-order valence-electron chi connectivity index (χ0n) is 13.1. The van der Waals surface area contributed by atoms with Gasteiger partial charge in [-0.05, 0) is 25.2 Å². The summed E-state index contributed by atoms with van der Waals surface area (Å²) in [6.07, 6.45) is 1.45. The van der Waals surface area contributed by atoms with Crippen LogP contribution in [0.4, 0.5) is 0 Å². The van der Waals surface area contributed by atoms with Crippen LogP contribution in [0.2, 0.25) is 0 Å². The topological polar surface area (TPSA) is 90.7 Å². The Hall–Kier alpha value is -2.68. The average Bonchev–Trinajstić information content (AvgIpc) is 2.57. The van der Waals surface area contributed by atoms with Gasteiger partial charge in [-0.3, -0.25) is 9.89 Å². The Kier molecular flexibility index (Phi) is 5.12. The number of aryl methyl sites for hydroxylation is 1. The third-order valence-corrected chi connectivity index (χ3v) is 3.33. The van der Waals surface area contributed by atoms with Gasteiger partial charge in [0.05, 0.1) is 27.5 Å². The first-order valence-electron chi connectivity index (χ1n) is 6.54. The lowest BCUT2D eigenvalue weighted by molar-refractivity contribution is 0.349. The molecule has 0 aliphatic rings. The Morgan fingerprint density at radius 3 is 2.39 bits per heavy atom. The van der Waals surface area contributed by atoms with Crippen molar-refractivity contribution in [1.82, 2.24) is 14.9 Å². The number of H-pyrrole nitrogens is 1. The zero-order chi connectivity index (χ0) is 17.0. The van der Waals surface area contributed by atoms with E-state index in [2.05, 4.69) is 15.3 Å². The Morgan fingerprint density at radius 1 is 1.17 bits per heavy atom. The Balaban J connectivity index is 2.54. The van der Waals surface area contributed by atoms with Gasteiger partial charge in [0, 0.05) is 11.6 Å². The van der Waals surface area contributed by atoms with E-state index in [1.807, 2.05) is 0 Å². The highest BCUT2D eigenvalue weighted by atomic mass is 32.1. The second-order valence-corrected chi connectivity index (χ2v) is 4.81. The Bertz CT molecular complexity index is 857. The van der Waals surface area contributed by atoms with Gasteiger partial charge in [0.2, 0.25) is 4.77 Å².